The van der Waals surface area contributed by atoms with E-state index >= 15 is 0 Å². The SMILES string of the molecule is CNc1ccc(Cn2nc(/C(F)=C/c3ccc(C(C)(C)C(F)(F)F)cc3)cc2C)cn1. The van der Waals surface area contributed by atoms with Crippen LogP contribution >= 0.6 is 0 Å². The Morgan fingerprint density at radius 3 is 2.32 bits per heavy atom. The highest BCUT2D eigenvalue weighted by molar-refractivity contribution is 5.75. The van der Waals surface area contributed by atoms with Gasteiger partial charge in [-0.1, -0.05) is 30.3 Å². The van der Waals surface area contributed by atoms with Gasteiger partial charge in [0, 0.05) is 18.9 Å². The van der Waals surface area contributed by atoms with Crippen molar-refractivity contribution in [1.82, 2.24) is 14.8 Å². The van der Waals surface area contributed by atoms with Crippen LogP contribution in [0.4, 0.5) is 23.4 Å². The van der Waals surface area contributed by atoms with Gasteiger partial charge in [-0.2, -0.15) is 18.3 Å². The maximum Gasteiger partial charge on any atom is 0.397 e. The van der Waals surface area contributed by atoms with E-state index in [9.17, 15) is 17.6 Å². The molecule has 0 saturated heterocycles. The first-order valence-electron chi connectivity index (χ1n) is 9.73. The lowest BCUT2D eigenvalue weighted by atomic mass is 9.83. The zero-order valence-corrected chi connectivity index (χ0v) is 17.8. The molecule has 8 heteroatoms. The molecule has 2 aromatic heterocycles. The molecule has 0 aliphatic rings. The van der Waals surface area contributed by atoms with E-state index < -0.39 is 17.4 Å². The Morgan fingerprint density at radius 2 is 1.77 bits per heavy atom. The van der Waals surface area contributed by atoms with E-state index in [1.165, 1.54) is 30.3 Å². The van der Waals surface area contributed by atoms with E-state index in [0.717, 1.165) is 30.9 Å². The number of aryl methyl sites for hydroxylation is 1. The molecule has 164 valence electrons. The van der Waals surface area contributed by atoms with E-state index in [0.29, 0.717) is 12.1 Å². The number of halogens is 4. The first-order valence-corrected chi connectivity index (χ1v) is 9.73. The van der Waals surface area contributed by atoms with Crippen molar-refractivity contribution in [3.63, 3.8) is 0 Å². The molecule has 0 atom stereocenters. The molecular formula is C23H24F4N4. The fourth-order valence-corrected chi connectivity index (χ4v) is 3.01. The lowest BCUT2D eigenvalue weighted by Crippen LogP contribution is -2.36. The van der Waals surface area contributed by atoms with E-state index in [1.54, 1.807) is 24.0 Å². The second-order valence-electron chi connectivity index (χ2n) is 7.87. The van der Waals surface area contributed by atoms with Gasteiger partial charge in [0.1, 0.15) is 11.5 Å². The number of pyridine rings is 1. The maximum absolute atomic E-state index is 14.8. The summed E-state index contributed by atoms with van der Waals surface area (Å²) >= 11 is 0. The Balaban J connectivity index is 1.78. The van der Waals surface area contributed by atoms with Gasteiger partial charge in [0.2, 0.25) is 0 Å². The molecule has 0 fully saturated rings. The number of anilines is 1. The van der Waals surface area contributed by atoms with E-state index in [-0.39, 0.29) is 11.3 Å². The van der Waals surface area contributed by atoms with Crippen molar-refractivity contribution in [2.45, 2.75) is 38.9 Å². The molecule has 2 heterocycles. The molecule has 3 aromatic rings. The number of aromatic nitrogens is 3. The van der Waals surface area contributed by atoms with Crippen LogP contribution in [-0.2, 0) is 12.0 Å². The minimum Gasteiger partial charge on any atom is -0.373 e. The molecule has 0 bridgehead atoms. The molecule has 0 aliphatic carbocycles. The Morgan fingerprint density at radius 1 is 1.10 bits per heavy atom. The van der Waals surface area contributed by atoms with Gasteiger partial charge in [-0.15, -0.1) is 0 Å². The Labute approximate surface area is 178 Å². The van der Waals surface area contributed by atoms with Gasteiger partial charge in [0.15, 0.2) is 5.83 Å². The number of hydrogen-bond donors (Lipinski definition) is 1. The third kappa shape index (κ3) is 4.95. The molecule has 1 N–H and O–H groups in total. The predicted molar refractivity (Wildman–Crippen MR) is 114 cm³/mol. The van der Waals surface area contributed by atoms with Crippen LogP contribution in [0.3, 0.4) is 0 Å². The van der Waals surface area contributed by atoms with Gasteiger partial charge in [-0.25, -0.2) is 9.37 Å². The molecule has 0 radical (unpaired) electrons. The molecule has 31 heavy (non-hydrogen) atoms. The maximum atomic E-state index is 14.8. The first kappa shape index (κ1) is 22.5. The van der Waals surface area contributed by atoms with Gasteiger partial charge >= 0.3 is 6.18 Å². The average Bonchev–Trinajstić information content (AvgIpc) is 3.08. The standard InChI is InChI=1S/C23H24F4N4/c1-15-11-20(30-31(15)14-17-7-10-21(28-4)29-13-17)19(24)12-16-5-8-18(9-6-16)22(2,3)23(25,26)27/h5-13H,14H2,1-4H3,(H,28,29)/b19-12-. The Kier molecular flexibility index (Phi) is 6.20. The topological polar surface area (TPSA) is 42.7 Å². The summed E-state index contributed by atoms with van der Waals surface area (Å²) in [5, 5.41) is 7.26. The fraction of sp³-hybridized carbons (Fsp3) is 0.304. The van der Waals surface area contributed by atoms with Crippen molar-refractivity contribution in [1.29, 1.82) is 0 Å². The van der Waals surface area contributed by atoms with Crippen LogP contribution in [0, 0.1) is 6.92 Å². The van der Waals surface area contributed by atoms with Gasteiger partial charge in [-0.3, -0.25) is 4.68 Å². The van der Waals surface area contributed by atoms with Crippen LogP contribution in [0.1, 0.15) is 41.9 Å². The minimum absolute atomic E-state index is 0.121. The molecule has 0 amide bonds. The van der Waals surface area contributed by atoms with Gasteiger partial charge < -0.3 is 5.32 Å². The quantitative estimate of drug-likeness (QED) is 0.487. The van der Waals surface area contributed by atoms with Crippen molar-refractivity contribution >= 4 is 17.7 Å². The highest BCUT2D eigenvalue weighted by Crippen LogP contribution is 2.40. The van der Waals surface area contributed by atoms with Crippen LogP contribution in [0.5, 0.6) is 0 Å². The van der Waals surface area contributed by atoms with Crippen molar-refractivity contribution in [2.24, 2.45) is 0 Å². The van der Waals surface area contributed by atoms with Crippen molar-refractivity contribution in [3.8, 4) is 0 Å². The van der Waals surface area contributed by atoms with E-state index in [4.69, 9.17) is 0 Å². The summed E-state index contributed by atoms with van der Waals surface area (Å²) in [5.74, 6) is 0.189. The monoisotopic (exact) mass is 432 g/mol. The van der Waals surface area contributed by atoms with Gasteiger partial charge in [-0.05, 0) is 55.7 Å². The number of nitrogens with one attached hydrogen (secondary N) is 1. The van der Waals surface area contributed by atoms with E-state index in [2.05, 4.69) is 15.4 Å². The van der Waals surface area contributed by atoms with Crippen molar-refractivity contribution in [3.05, 3.63) is 76.7 Å². The molecule has 0 unspecified atom stereocenters. The minimum atomic E-state index is -4.37. The third-order valence-corrected chi connectivity index (χ3v) is 5.27. The number of benzene rings is 1. The second-order valence-corrected chi connectivity index (χ2v) is 7.87. The van der Waals surface area contributed by atoms with Crippen LogP contribution in [0.2, 0.25) is 0 Å². The summed E-state index contributed by atoms with van der Waals surface area (Å²) in [7, 11) is 1.78. The summed E-state index contributed by atoms with van der Waals surface area (Å²) in [4.78, 5) is 4.25. The average molecular weight is 432 g/mol. The predicted octanol–water partition coefficient (Wildman–Crippen LogP) is 5.98. The smallest absolute Gasteiger partial charge is 0.373 e. The van der Waals surface area contributed by atoms with Crippen LogP contribution in [-0.4, -0.2) is 28.0 Å². The number of hydrogen-bond acceptors (Lipinski definition) is 3. The summed E-state index contributed by atoms with van der Waals surface area (Å²) in [6, 6.07) is 11.1. The molecule has 1 aromatic carbocycles. The number of alkyl halides is 3. The van der Waals surface area contributed by atoms with Gasteiger partial charge in [0.05, 0.1) is 12.0 Å². The first-order chi connectivity index (χ1) is 14.5. The third-order valence-electron chi connectivity index (χ3n) is 5.27. The molecule has 0 saturated carbocycles. The summed E-state index contributed by atoms with van der Waals surface area (Å²) in [6.07, 6.45) is -1.38. The molecule has 3 rings (SSSR count). The summed E-state index contributed by atoms with van der Waals surface area (Å²) in [6.45, 7) is 4.51. The lowest BCUT2D eigenvalue weighted by molar-refractivity contribution is -0.180. The van der Waals surface area contributed by atoms with Crippen molar-refractivity contribution in [2.75, 3.05) is 12.4 Å². The Hall–Kier alpha value is -3.16. The van der Waals surface area contributed by atoms with Crippen LogP contribution in [0.15, 0.2) is 48.7 Å². The highest BCUT2D eigenvalue weighted by atomic mass is 19.4. The largest absolute Gasteiger partial charge is 0.397 e. The second kappa shape index (κ2) is 8.53. The molecular weight excluding hydrogens is 408 g/mol. The summed E-state index contributed by atoms with van der Waals surface area (Å²) in [5.41, 5.74) is 0.456. The van der Waals surface area contributed by atoms with Gasteiger partial charge in [0.25, 0.3) is 0 Å². The van der Waals surface area contributed by atoms with Crippen LogP contribution < -0.4 is 5.32 Å². The number of nitrogens with zero attached hydrogens (tertiary/aromatic N) is 3. The fourth-order valence-electron chi connectivity index (χ4n) is 3.01. The zero-order chi connectivity index (χ0) is 22.8. The molecule has 4 nitrogen and oxygen atoms in total. The zero-order valence-electron chi connectivity index (χ0n) is 17.8. The van der Waals surface area contributed by atoms with Crippen LogP contribution in [0.25, 0.3) is 11.9 Å². The Bertz CT molecular complexity index is 1060. The van der Waals surface area contributed by atoms with E-state index in [1.807, 2.05) is 19.1 Å². The highest BCUT2D eigenvalue weighted by Gasteiger charge is 2.48. The molecule has 0 aliphatic heterocycles. The number of rotatable bonds is 6. The lowest BCUT2D eigenvalue weighted by Gasteiger charge is -2.28. The molecule has 0 spiro atoms. The van der Waals surface area contributed by atoms with Crippen molar-refractivity contribution < 1.29 is 17.6 Å². The normalized spacial score (nSPS) is 12.8. The summed E-state index contributed by atoms with van der Waals surface area (Å²) < 4.78 is 56.0.